The highest BCUT2D eigenvalue weighted by Crippen LogP contribution is 2.43. The summed E-state index contributed by atoms with van der Waals surface area (Å²) < 4.78 is 63.9. The van der Waals surface area contributed by atoms with Crippen molar-refractivity contribution >= 4 is 43.1 Å². The number of benzene rings is 1. The Morgan fingerprint density at radius 3 is 2.67 bits per heavy atom. The first kappa shape index (κ1) is 31.9. The number of nitrogens with one attached hydrogen (secondary N) is 1. The van der Waals surface area contributed by atoms with E-state index < -0.39 is 23.8 Å². The molecule has 1 atom stereocenters. The number of hydrogen-bond donors (Lipinski definition) is 2. The lowest BCUT2D eigenvalue weighted by Gasteiger charge is -2.34. The van der Waals surface area contributed by atoms with Crippen molar-refractivity contribution in [3.05, 3.63) is 47.7 Å². The van der Waals surface area contributed by atoms with Gasteiger partial charge in [0.15, 0.2) is 5.82 Å². The van der Waals surface area contributed by atoms with Crippen LogP contribution in [0.1, 0.15) is 45.1 Å². The Kier molecular flexibility index (Phi) is 9.00. The molecule has 4 aromatic rings. The van der Waals surface area contributed by atoms with Crippen molar-refractivity contribution in [3.63, 3.8) is 0 Å². The third-order valence-electron chi connectivity index (χ3n) is 8.94. The van der Waals surface area contributed by atoms with E-state index in [4.69, 9.17) is 10.5 Å². The van der Waals surface area contributed by atoms with E-state index in [2.05, 4.69) is 25.2 Å². The average Bonchev–Trinajstić information content (AvgIpc) is 3.74. The van der Waals surface area contributed by atoms with Gasteiger partial charge >= 0.3 is 6.01 Å². The molecule has 0 radical (unpaired) electrons. The molecule has 7 rings (SSSR count). The van der Waals surface area contributed by atoms with Crippen LogP contribution in [-0.4, -0.2) is 70.8 Å². The molecular formula is C32H34F4N8OS. The zero-order chi connectivity index (χ0) is 32.6. The third-order valence-corrected chi connectivity index (χ3v) is 9.97. The second-order valence-electron chi connectivity index (χ2n) is 11.4. The molecule has 1 unspecified atom stereocenters. The summed E-state index contributed by atoms with van der Waals surface area (Å²) in [6, 6.07) is 3.88. The minimum absolute atomic E-state index is 0.0271. The number of halogens is 4. The molecule has 6 heterocycles. The summed E-state index contributed by atoms with van der Waals surface area (Å²) in [6.45, 7) is 7.32. The van der Waals surface area contributed by atoms with Gasteiger partial charge in [-0.15, -0.1) is 11.3 Å². The van der Waals surface area contributed by atoms with Crippen LogP contribution in [0, 0.1) is 23.0 Å². The van der Waals surface area contributed by atoms with Crippen molar-refractivity contribution in [3.8, 4) is 23.3 Å². The Bertz CT molecular complexity index is 1840. The van der Waals surface area contributed by atoms with Gasteiger partial charge in [-0.05, 0) is 57.0 Å². The van der Waals surface area contributed by atoms with E-state index in [0.29, 0.717) is 25.5 Å². The number of ether oxygens (including phenoxy) is 1. The number of thiophene rings is 1. The maximum atomic E-state index is 16.6. The largest absolute Gasteiger partial charge is 0.461 e. The number of aromatic nitrogens is 3. The number of fused-ring (bicyclic) bond motifs is 3. The Balaban J connectivity index is 0.00000182. The van der Waals surface area contributed by atoms with E-state index in [-0.39, 0.29) is 60.9 Å². The highest BCUT2D eigenvalue weighted by Gasteiger charge is 2.45. The van der Waals surface area contributed by atoms with E-state index in [0.717, 1.165) is 56.2 Å². The number of hydrogen-bond acceptors (Lipinski definition) is 10. The fourth-order valence-corrected chi connectivity index (χ4v) is 7.86. The highest BCUT2D eigenvalue weighted by molar-refractivity contribution is 7.23. The fourth-order valence-electron chi connectivity index (χ4n) is 6.91. The SMILES string of the molecule is CC.N#Cc1c(N)sc2c(F)ccc(-c3ncc4c(N5CCNC(C=C(F)F)C5)nc(OCC56CCCN5CCC6)nc4c3F)c12. The molecule has 3 fully saturated rings. The topological polar surface area (TPSA) is 116 Å². The van der Waals surface area contributed by atoms with Crippen LogP contribution < -0.4 is 20.7 Å². The minimum atomic E-state index is -1.80. The van der Waals surface area contributed by atoms with Crippen LogP contribution in [0.25, 0.3) is 32.2 Å². The van der Waals surface area contributed by atoms with Gasteiger partial charge in [-0.3, -0.25) is 9.88 Å². The molecule has 46 heavy (non-hydrogen) atoms. The monoisotopic (exact) mass is 654 g/mol. The molecule has 0 bridgehead atoms. The molecule has 3 aromatic heterocycles. The molecule has 0 saturated carbocycles. The molecule has 0 spiro atoms. The van der Waals surface area contributed by atoms with Gasteiger partial charge in [0, 0.05) is 42.8 Å². The Hall–Kier alpha value is -4.06. The molecule has 1 aromatic carbocycles. The van der Waals surface area contributed by atoms with Crippen molar-refractivity contribution in [2.45, 2.75) is 51.1 Å². The Morgan fingerprint density at radius 1 is 1.20 bits per heavy atom. The van der Waals surface area contributed by atoms with E-state index in [1.165, 1.54) is 18.3 Å². The maximum absolute atomic E-state index is 16.6. The van der Waals surface area contributed by atoms with Crippen molar-refractivity contribution in [2.75, 3.05) is 50.0 Å². The molecule has 242 valence electrons. The van der Waals surface area contributed by atoms with Crippen LogP contribution in [0.15, 0.2) is 30.5 Å². The molecule has 14 heteroatoms. The number of nitrogens with zero attached hydrogens (tertiary/aromatic N) is 6. The van der Waals surface area contributed by atoms with Gasteiger partial charge in [0.2, 0.25) is 0 Å². The number of nitrogen functional groups attached to an aromatic ring is 1. The predicted molar refractivity (Wildman–Crippen MR) is 171 cm³/mol. The molecule has 3 saturated heterocycles. The summed E-state index contributed by atoms with van der Waals surface area (Å²) in [5.74, 6) is -1.07. The van der Waals surface area contributed by atoms with Crippen LogP contribution >= 0.6 is 11.3 Å². The number of piperazine rings is 1. The molecule has 3 aliphatic heterocycles. The standard InChI is InChI=1S/C30H28F4N8OS.C2H6/c31-20-4-3-17(22-18(12-35)27(36)44-26(20)22)24-23(34)25-19(13-38-24)28(41-10-7-37-16(14-41)11-21(32)33)40-29(39-25)43-15-30-5-1-8-42(30)9-2-6-30;1-2/h3-4,11,13,16,37H,1-2,5-10,14-15,36H2;1-2H3. The number of rotatable bonds is 6. The first-order valence-electron chi connectivity index (χ1n) is 15.4. The predicted octanol–water partition coefficient (Wildman–Crippen LogP) is 6.23. The lowest BCUT2D eigenvalue weighted by molar-refractivity contribution is 0.108. The lowest BCUT2D eigenvalue weighted by atomic mass is 9.95. The molecule has 9 nitrogen and oxygen atoms in total. The Labute approximate surface area is 267 Å². The fraction of sp³-hybridized carbons (Fsp3) is 0.438. The van der Waals surface area contributed by atoms with Gasteiger partial charge in [-0.1, -0.05) is 13.8 Å². The Morgan fingerprint density at radius 2 is 1.96 bits per heavy atom. The smallest absolute Gasteiger partial charge is 0.319 e. The average molecular weight is 655 g/mol. The molecule has 3 aliphatic rings. The van der Waals surface area contributed by atoms with Crippen molar-refractivity contribution < 1.29 is 22.3 Å². The number of pyridine rings is 1. The normalized spacial score (nSPS) is 19.1. The molecule has 0 aliphatic carbocycles. The van der Waals surface area contributed by atoms with E-state index in [1.54, 1.807) is 4.90 Å². The van der Waals surface area contributed by atoms with E-state index in [1.807, 2.05) is 19.9 Å². The van der Waals surface area contributed by atoms with E-state index >= 15 is 4.39 Å². The summed E-state index contributed by atoms with van der Waals surface area (Å²) in [5.41, 5.74) is 5.92. The quantitative estimate of drug-likeness (QED) is 0.234. The van der Waals surface area contributed by atoms with Crippen LogP contribution in [0.5, 0.6) is 6.01 Å². The summed E-state index contributed by atoms with van der Waals surface area (Å²) in [7, 11) is 0. The summed E-state index contributed by atoms with van der Waals surface area (Å²) in [4.78, 5) is 17.8. The van der Waals surface area contributed by atoms with Gasteiger partial charge < -0.3 is 20.7 Å². The number of nitriles is 1. The lowest BCUT2D eigenvalue weighted by Crippen LogP contribution is -2.50. The van der Waals surface area contributed by atoms with Crippen molar-refractivity contribution in [1.29, 1.82) is 5.26 Å². The molecule has 3 N–H and O–H groups in total. The molecular weight excluding hydrogens is 620 g/mol. The maximum Gasteiger partial charge on any atom is 0.319 e. The summed E-state index contributed by atoms with van der Waals surface area (Å²) in [6.07, 6.45) is 4.58. The van der Waals surface area contributed by atoms with Crippen LogP contribution in [0.4, 0.5) is 28.4 Å². The van der Waals surface area contributed by atoms with Crippen LogP contribution in [0.2, 0.25) is 0 Å². The summed E-state index contributed by atoms with van der Waals surface area (Å²) in [5, 5.41) is 13.4. The van der Waals surface area contributed by atoms with Gasteiger partial charge in [0.05, 0.1) is 21.2 Å². The molecule has 0 amide bonds. The van der Waals surface area contributed by atoms with E-state index in [9.17, 15) is 18.4 Å². The zero-order valence-corrected chi connectivity index (χ0v) is 26.4. The van der Waals surface area contributed by atoms with Gasteiger partial charge in [0.25, 0.3) is 6.08 Å². The highest BCUT2D eigenvalue weighted by atomic mass is 32.1. The van der Waals surface area contributed by atoms with Crippen LogP contribution in [-0.2, 0) is 0 Å². The summed E-state index contributed by atoms with van der Waals surface area (Å²) >= 11 is 0.912. The van der Waals surface area contributed by atoms with Gasteiger partial charge in [-0.25, -0.2) is 8.78 Å². The van der Waals surface area contributed by atoms with Crippen LogP contribution in [0.3, 0.4) is 0 Å². The first-order chi connectivity index (χ1) is 22.3. The minimum Gasteiger partial charge on any atom is -0.461 e. The van der Waals surface area contributed by atoms with Crippen molar-refractivity contribution in [2.24, 2.45) is 0 Å². The van der Waals surface area contributed by atoms with Crippen molar-refractivity contribution in [1.82, 2.24) is 25.2 Å². The first-order valence-corrected chi connectivity index (χ1v) is 16.3. The number of anilines is 2. The zero-order valence-electron chi connectivity index (χ0n) is 25.5. The third kappa shape index (κ3) is 5.61. The van der Waals surface area contributed by atoms with Gasteiger partial charge in [-0.2, -0.15) is 24.0 Å². The second kappa shape index (κ2) is 13.0. The second-order valence-corrected chi connectivity index (χ2v) is 12.5. The number of nitrogens with two attached hydrogens (primary N) is 1. The van der Waals surface area contributed by atoms with Gasteiger partial charge in [0.1, 0.15) is 40.5 Å².